The number of ether oxygens (including phenoxy) is 1. The molecule has 3 N–H and O–H groups in total. The number of rotatable bonds is 3. The van der Waals surface area contributed by atoms with Crippen molar-refractivity contribution in [2.75, 3.05) is 7.11 Å². The van der Waals surface area contributed by atoms with Gasteiger partial charge in [0.15, 0.2) is 0 Å². The van der Waals surface area contributed by atoms with Gasteiger partial charge in [-0.25, -0.2) is 0 Å². The Morgan fingerprint density at radius 2 is 2.17 bits per heavy atom. The summed E-state index contributed by atoms with van der Waals surface area (Å²) in [5.74, 6) is -0.419. The van der Waals surface area contributed by atoms with E-state index in [-0.39, 0.29) is 5.56 Å². The average molecular weight is 246 g/mol. The molecule has 2 aromatic heterocycles. The van der Waals surface area contributed by atoms with Gasteiger partial charge in [0.1, 0.15) is 5.56 Å². The van der Waals surface area contributed by atoms with Gasteiger partial charge in [-0.1, -0.05) is 0 Å². The van der Waals surface area contributed by atoms with Crippen LogP contribution >= 0.6 is 0 Å². The van der Waals surface area contributed by atoms with Gasteiger partial charge in [-0.2, -0.15) is 0 Å². The lowest BCUT2D eigenvalue weighted by molar-refractivity contribution is 0.0999. The predicted molar refractivity (Wildman–Crippen MR) is 63.2 cm³/mol. The van der Waals surface area contributed by atoms with E-state index >= 15 is 0 Å². The van der Waals surface area contributed by atoms with Crippen LogP contribution in [-0.2, 0) is 0 Å². The SMILES string of the molecule is COc1ccc(-c2c[nH]c(=O)c(C(N)=O)c2)nn1. The summed E-state index contributed by atoms with van der Waals surface area (Å²) in [5, 5.41) is 7.69. The summed E-state index contributed by atoms with van der Waals surface area (Å²) in [6.45, 7) is 0. The third kappa shape index (κ3) is 2.19. The maximum absolute atomic E-state index is 11.3. The molecule has 0 atom stereocenters. The van der Waals surface area contributed by atoms with Crippen LogP contribution < -0.4 is 16.0 Å². The summed E-state index contributed by atoms with van der Waals surface area (Å²) in [6.07, 6.45) is 1.44. The second-order valence-corrected chi connectivity index (χ2v) is 3.46. The molecule has 0 saturated heterocycles. The Morgan fingerprint density at radius 1 is 1.39 bits per heavy atom. The van der Waals surface area contributed by atoms with Gasteiger partial charge in [0.2, 0.25) is 5.88 Å². The van der Waals surface area contributed by atoms with Crippen molar-refractivity contribution in [2.45, 2.75) is 0 Å². The first-order valence-corrected chi connectivity index (χ1v) is 5.02. The smallest absolute Gasteiger partial charge is 0.260 e. The first-order chi connectivity index (χ1) is 8.61. The van der Waals surface area contributed by atoms with Crippen molar-refractivity contribution in [2.24, 2.45) is 5.73 Å². The number of methoxy groups -OCH3 is 1. The highest BCUT2D eigenvalue weighted by molar-refractivity contribution is 5.93. The summed E-state index contributed by atoms with van der Waals surface area (Å²) in [4.78, 5) is 24.8. The summed E-state index contributed by atoms with van der Waals surface area (Å²) < 4.78 is 4.88. The van der Waals surface area contributed by atoms with Gasteiger partial charge < -0.3 is 15.5 Å². The van der Waals surface area contributed by atoms with Gasteiger partial charge in [0.25, 0.3) is 11.5 Å². The highest BCUT2D eigenvalue weighted by atomic mass is 16.5. The Labute approximate surface area is 102 Å². The third-order valence-electron chi connectivity index (χ3n) is 2.31. The van der Waals surface area contributed by atoms with Crippen molar-refractivity contribution in [3.05, 3.63) is 40.3 Å². The molecule has 0 radical (unpaired) electrons. The van der Waals surface area contributed by atoms with Crippen LogP contribution in [0.25, 0.3) is 11.3 Å². The van der Waals surface area contributed by atoms with Gasteiger partial charge in [-0.05, 0) is 12.1 Å². The Morgan fingerprint density at radius 3 is 2.72 bits per heavy atom. The monoisotopic (exact) mass is 246 g/mol. The van der Waals surface area contributed by atoms with E-state index in [4.69, 9.17) is 10.5 Å². The lowest BCUT2D eigenvalue weighted by Crippen LogP contribution is -2.23. The molecule has 0 unspecified atom stereocenters. The number of hydrogen-bond acceptors (Lipinski definition) is 5. The van der Waals surface area contributed by atoms with Gasteiger partial charge >= 0.3 is 0 Å². The predicted octanol–water partition coefficient (Wildman–Crippen LogP) is -0.0606. The molecule has 2 rings (SSSR count). The van der Waals surface area contributed by atoms with Gasteiger partial charge in [0.05, 0.1) is 12.8 Å². The number of pyridine rings is 1. The van der Waals surface area contributed by atoms with E-state index in [1.165, 1.54) is 19.4 Å². The molecule has 7 nitrogen and oxygen atoms in total. The maximum atomic E-state index is 11.3. The molecule has 18 heavy (non-hydrogen) atoms. The zero-order chi connectivity index (χ0) is 13.1. The van der Waals surface area contributed by atoms with E-state index in [2.05, 4.69) is 15.2 Å². The van der Waals surface area contributed by atoms with E-state index in [1.807, 2.05) is 0 Å². The van der Waals surface area contributed by atoms with Crippen LogP contribution in [0.15, 0.2) is 29.2 Å². The molecule has 2 heterocycles. The molecule has 0 spiro atoms. The zero-order valence-corrected chi connectivity index (χ0v) is 9.51. The fourth-order valence-electron chi connectivity index (χ4n) is 1.40. The number of primary amides is 1. The van der Waals surface area contributed by atoms with Gasteiger partial charge in [-0.15, -0.1) is 10.2 Å². The van der Waals surface area contributed by atoms with Crippen molar-refractivity contribution in [3.63, 3.8) is 0 Å². The summed E-state index contributed by atoms with van der Waals surface area (Å²) in [5.41, 5.74) is 5.47. The Hall–Kier alpha value is -2.70. The van der Waals surface area contributed by atoms with Crippen LogP contribution in [0.1, 0.15) is 10.4 Å². The fraction of sp³-hybridized carbons (Fsp3) is 0.0909. The third-order valence-corrected chi connectivity index (χ3v) is 2.31. The highest BCUT2D eigenvalue weighted by Gasteiger charge is 2.09. The fourth-order valence-corrected chi connectivity index (χ4v) is 1.40. The topological polar surface area (TPSA) is 111 Å². The number of hydrogen-bond donors (Lipinski definition) is 2. The first kappa shape index (κ1) is 11.8. The minimum Gasteiger partial charge on any atom is -0.480 e. The number of aromatic amines is 1. The Kier molecular flexibility index (Phi) is 3.05. The Bertz CT molecular complexity index is 633. The quantitative estimate of drug-likeness (QED) is 0.788. The molecule has 0 aliphatic heterocycles. The molecule has 0 saturated carbocycles. The van der Waals surface area contributed by atoms with Gasteiger partial charge in [-0.3, -0.25) is 9.59 Å². The number of H-pyrrole nitrogens is 1. The summed E-state index contributed by atoms with van der Waals surface area (Å²) >= 11 is 0. The summed E-state index contributed by atoms with van der Waals surface area (Å²) in [7, 11) is 1.48. The normalized spacial score (nSPS) is 10.1. The van der Waals surface area contributed by atoms with Gasteiger partial charge in [0, 0.05) is 17.8 Å². The summed E-state index contributed by atoms with van der Waals surface area (Å²) in [6, 6.07) is 4.65. The van der Waals surface area contributed by atoms with Crippen LogP contribution in [0.4, 0.5) is 0 Å². The van der Waals surface area contributed by atoms with Crippen LogP contribution in [0, 0.1) is 0 Å². The molecular weight excluding hydrogens is 236 g/mol. The molecule has 92 valence electrons. The molecule has 0 aliphatic carbocycles. The maximum Gasteiger partial charge on any atom is 0.260 e. The molecule has 0 fully saturated rings. The molecule has 0 bridgehead atoms. The molecule has 2 aromatic rings. The van der Waals surface area contributed by atoms with Crippen LogP contribution in [0.3, 0.4) is 0 Å². The van der Waals surface area contributed by atoms with Crippen molar-refractivity contribution >= 4 is 5.91 Å². The molecule has 0 aromatic carbocycles. The van der Waals surface area contributed by atoms with Crippen molar-refractivity contribution in [1.82, 2.24) is 15.2 Å². The number of nitrogens with one attached hydrogen (secondary N) is 1. The van der Waals surface area contributed by atoms with Crippen LogP contribution in [0.2, 0.25) is 0 Å². The molecule has 0 aliphatic rings. The minimum absolute atomic E-state index is 0.120. The molecular formula is C11H10N4O3. The van der Waals surface area contributed by atoms with E-state index in [0.29, 0.717) is 17.1 Å². The molecule has 1 amide bonds. The van der Waals surface area contributed by atoms with Crippen molar-refractivity contribution in [1.29, 1.82) is 0 Å². The van der Waals surface area contributed by atoms with E-state index < -0.39 is 11.5 Å². The highest BCUT2D eigenvalue weighted by Crippen LogP contribution is 2.16. The number of nitrogens with two attached hydrogens (primary N) is 1. The second-order valence-electron chi connectivity index (χ2n) is 3.46. The number of carbonyl (C=O) groups excluding carboxylic acids is 1. The largest absolute Gasteiger partial charge is 0.480 e. The molecule has 7 heteroatoms. The van der Waals surface area contributed by atoms with Crippen LogP contribution in [-0.4, -0.2) is 28.2 Å². The number of aromatic nitrogens is 3. The van der Waals surface area contributed by atoms with E-state index in [0.717, 1.165) is 0 Å². The standard InChI is InChI=1S/C11H10N4O3/c1-18-9-3-2-8(14-15-9)6-4-7(10(12)16)11(17)13-5-6/h2-5H,1H3,(H2,12,16)(H,13,17). The van der Waals surface area contributed by atoms with Crippen LogP contribution in [0.5, 0.6) is 5.88 Å². The zero-order valence-electron chi connectivity index (χ0n) is 9.51. The number of nitrogens with zero attached hydrogens (tertiary/aromatic N) is 2. The van der Waals surface area contributed by atoms with Crippen molar-refractivity contribution < 1.29 is 9.53 Å². The second kappa shape index (κ2) is 4.66. The Balaban J connectivity index is 2.47. The van der Waals surface area contributed by atoms with E-state index in [9.17, 15) is 9.59 Å². The first-order valence-electron chi connectivity index (χ1n) is 5.02. The van der Waals surface area contributed by atoms with Crippen molar-refractivity contribution in [3.8, 4) is 17.1 Å². The number of carbonyl (C=O) groups is 1. The average Bonchev–Trinajstić information content (AvgIpc) is 2.39. The minimum atomic E-state index is -0.792. The van der Waals surface area contributed by atoms with E-state index in [1.54, 1.807) is 12.1 Å². The number of amides is 1. The lowest BCUT2D eigenvalue weighted by Gasteiger charge is -2.02. The lowest BCUT2D eigenvalue weighted by atomic mass is 10.1.